The van der Waals surface area contributed by atoms with E-state index in [-0.39, 0.29) is 11.3 Å². The van der Waals surface area contributed by atoms with Gasteiger partial charge < -0.3 is 5.73 Å². The maximum Gasteiger partial charge on any atom is 0.373 e. The second kappa shape index (κ2) is 6.26. The number of hydrazine groups is 1. The minimum Gasteiger partial charge on any atom is -0.375 e. The Kier molecular flexibility index (Phi) is 5.50. The lowest BCUT2D eigenvalue weighted by Gasteiger charge is -2.13. The molecule has 0 spiro atoms. The van der Waals surface area contributed by atoms with Gasteiger partial charge in [-0.25, -0.2) is 0 Å². The van der Waals surface area contributed by atoms with Gasteiger partial charge in [0.05, 0.1) is 13.1 Å². The van der Waals surface area contributed by atoms with Crippen LogP contribution in [-0.2, 0) is 9.59 Å². The number of hydrogen-bond acceptors (Lipinski definition) is 5. The van der Waals surface area contributed by atoms with Gasteiger partial charge >= 0.3 is 6.15 Å². The molecule has 0 amide bonds. The first-order chi connectivity index (χ1) is 5.70. The van der Waals surface area contributed by atoms with Crippen molar-refractivity contribution in [2.45, 2.75) is 0 Å². The third-order valence-corrected chi connectivity index (χ3v) is 1.04. The normalized spacial score (nSPS) is 12.8. The van der Waals surface area contributed by atoms with Crippen LogP contribution in [0, 0.1) is 0 Å². The Balaban J connectivity index is 0.000000354. The minimum atomic E-state index is 0.250. The van der Waals surface area contributed by atoms with Crippen LogP contribution in [-0.4, -0.2) is 35.7 Å². The average Bonchev–Trinajstić information content (AvgIpc) is 2.40. The molecule has 3 N–H and O–H groups in total. The van der Waals surface area contributed by atoms with E-state index in [1.54, 1.807) is 11.3 Å². The molecule has 6 nitrogen and oxygen atoms in total. The zero-order chi connectivity index (χ0) is 9.40. The lowest BCUT2D eigenvalue weighted by Crippen LogP contribution is -2.42. The van der Waals surface area contributed by atoms with E-state index in [2.05, 4.69) is 22.6 Å². The molecular weight excluding hydrogens is 180 g/mol. The number of nitrogens with one attached hydrogen (secondary N) is 1. The summed E-state index contributed by atoms with van der Waals surface area (Å²) in [5.74, 6) is 0. The molecular formula is C5H8N4O2S. The highest BCUT2D eigenvalue weighted by Crippen LogP contribution is 1.86. The monoisotopic (exact) mass is 188 g/mol. The Labute approximate surface area is 74.4 Å². The van der Waals surface area contributed by atoms with Gasteiger partial charge in [-0.3, -0.25) is 15.4 Å². The van der Waals surface area contributed by atoms with Crippen molar-refractivity contribution in [1.82, 2.24) is 10.4 Å². The van der Waals surface area contributed by atoms with Crippen LogP contribution in [0.15, 0.2) is 4.99 Å². The third-order valence-electron chi connectivity index (χ3n) is 0.945. The van der Waals surface area contributed by atoms with Crippen LogP contribution in [0.25, 0.3) is 0 Å². The molecule has 1 aliphatic rings. The zero-order valence-corrected chi connectivity index (χ0v) is 7.00. The SMILES string of the molecule is NC(=S)NN1C=NCC1.O=C=O. The highest BCUT2D eigenvalue weighted by Gasteiger charge is 2.02. The molecule has 0 radical (unpaired) electrons. The fourth-order valence-corrected chi connectivity index (χ4v) is 0.723. The molecule has 0 aliphatic carbocycles. The van der Waals surface area contributed by atoms with Crippen molar-refractivity contribution in [1.29, 1.82) is 0 Å². The van der Waals surface area contributed by atoms with Crippen LogP contribution in [0.1, 0.15) is 0 Å². The molecule has 0 bridgehead atoms. The minimum absolute atomic E-state index is 0.250. The highest BCUT2D eigenvalue weighted by atomic mass is 32.1. The summed E-state index contributed by atoms with van der Waals surface area (Å²) in [5, 5.41) is 2.03. The van der Waals surface area contributed by atoms with Crippen LogP contribution < -0.4 is 11.2 Å². The quantitative estimate of drug-likeness (QED) is 0.487. The van der Waals surface area contributed by atoms with E-state index in [1.165, 1.54) is 0 Å². The molecule has 1 aliphatic heterocycles. The van der Waals surface area contributed by atoms with Gasteiger partial charge in [0.1, 0.15) is 6.34 Å². The van der Waals surface area contributed by atoms with E-state index >= 15 is 0 Å². The van der Waals surface area contributed by atoms with E-state index in [9.17, 15) is 0 Å². The largest absolute Gasteiger partial charge is 0.375 e. The van der Waals surface area contributed by atoms with Crippen LogP contribution in [0.2, 0.25) is 0 Å². The fraction of sp³-hybridized carbons (Fsp3) is 0.400. The van der Waals surface area contributed by atoms with Crippen molar-refractivity contribution >= 4 is 29.8 Å². The Bertz CT molecular complexity index is 211. The van der Waals surface area contributed by atoms with Gasteiger partial charge in [0.25, 0.3) is 0 Å². The van der Waals surface area contributed by atoms with Gasteiger partial charge in [-0.15, -0.1) is 0 Å². The summed E-state index contributed by atoms with van der Waals surface area (Å²) in [6.45, 7) is 1.66. The molecule has 0 fully saturated rings. The number of nitrogens with two attached hydrogens (primary N) is 1. The van der Waals surface area contributed by atoms with Crippen molar-refractivity contribution < 1.29 is 9.59 Å². The molecule has 66 valence electrons. The van der Waals surface area contributed by atoms with Gasteiger partial charge in [-0.05, 0) is 12.2 Å². The third kappa shape index (κ3) is 5.33. The molecule has 0 atom stereocenters. The van der Waals surface area contributed by atoms with Crippen LogP contribution in [0.3, 0.4) is 0 Å². The number of thiocarbonyl (C=S) groups is 1. The van der Waals surface area contributed by atoms with Gasteiger partial charge in [0.15, 0.2) is 5.11 Å². The summed E-state index contributed by atoms with van der Waals surface area (Å²) in [5.41, 5.74) is 7.92. The number of hydrogen-bond donors (Lipinski definition) is 2. The second-order valence-corrected chi connectivity index (χ2v) is 2.21. The zero-order valence-electron chi connectivity index (χ0n) is 6.19. The highest BCUT2D eigenvalue weighted by molar-refractivity contribution is 7.80. The van der Waals surface area contributed by atoms with E-state index in [4.69, 9.17) is 15.3 Å². The molecule has 0 saturated carbocycles. The van der Waals surface area contributed by atoms with E-state index in [1.807, 2.05) is 0 Å². The average molecular weight is 188 g/mol. The van der Waals surface area contributed by atoms with E-state index in [0.717, 1.165) is 13.1 Å². The predicted octanol–water partition coefficient (Wildman–Crippen LogP) is -1.50. The summed E-state index contributed by atoms with van der Waals surface area (Å²) >= 11 is 4.60. The molecule has 1 rings (SSSR count). The lowest BCUT2D eigenvalue weighted by atomic mass is 10.7. The number of aliphatic imine (C=N–C) groups is 1. The maximum atomic E-state index is 8.12. The van der Waals surface area contributed by atoms with Crippen LogP contribution in [0.4, 0.5) is 0 Å². The predicted molar refractivity (Wildman–Crippen MR) is 45.0 cm³/mol. The molecule has 1 heterocycles. The Morgan fingerprint density at radius 2 is 2.33 bits per heavy atom. The topological polar surface area (TPSA) is 87.8 Å². The Hall–Kier alpha value is -1.46. The van der Waals surface area contributed by atoms with Gasteiger partial charge in [-0.2, -0.15) is 9.59 Å². The molecule has 0 aromatic heterocycles. The molecule has 0 saturated heterocycles. The van der Waals surface area contributed by atoms with E-state index in [0.29, 0.717) is 0 Å². The second-order valence-electron chi connectivity index (χ2n) is 1.77. The van der Waals surface area contributed by atoms with Gasteiger partial charge in [-0.1, -0.05) is 0 Å². The number of rotatable bonds is 1. The van der Waals surface area contributed by atoms with Crippen molar-refractivity contribution in [2.24, 2.45) is 10.7 Å². The first-order valence-corrected chi connectivity index (χ1v) is 3.43. The van der Waals surface area contributed by atoms with Crippen molar-refractivity contribution in [3.63, 3.8) is 0 Å². The van der Waals surface area contributed by atoms with Crippen LogP contribution >= 0.6 is 12.2 Å². The Morgan fingerprint density at radius 3 is 2.67 bits per heavy atom. The van der Waals surface area contributed by atoms with Crippen molar-refractivity contribution in [3.8, 4) is 0 Å². The first-order valence-electron chi connectivity index (χ1n) is 3.02. The summed E-state index contributed by atoms with van der Waals surface area (Å²) in [6.07, 6.45) is 1.93. The fourth-order valence-electron chi connectivity index (χ4n) is 0.606. The molecule has 0 unspecified atom stereocenters. The molecule has 0 aromatic rings. The summed E-state index contributed by atoms with van der Waals surface area (Å²) in [4.78, 5) is 20.2. The Morgan fingerprint density at radius 1 is 1.75 bits per heavy atom. The van der Waals surface area contributed by atoms with Gasteiger partial charge in [0, 0.05) is 0 Å². The molecule has 12 heavy (non-hydrogen) atoms. The standard InChI is InChI=1S/C4H8N4S.CO2/c5-4(9)7-8-2-1-6-3-8;2-1-3/h3H,1-2H2,(H3,5,7,9);. The summed E-state index contributed by atoms with van der Waals surface area (Å²) in [7, 11) is 0. The van der Waals surface area contributed by atoms with Crippen molar-refractivity contribution in [3.05, 3.63) is 0 Å². The number of carbonyl (C=O) groups excluding carboxylic acids is 2. The molecule has 0 aromatic carbocycles. The van der Waals surface area contributed by atoms with Crippen molar-refractivity contribution in [2.75, 3.05) is 13.1 Å². The van der Waals surface area contributed by atoms with Crippen LogP contribution in [0.5, 0.6) is 0 Å². The summed E-state index contributed by atoms with van der Waals surface area (Å²) in [6, 6.07) is 0. The van der Waals surface area contributed by atoms with Gasteiger partial charge in [0.2, 0.25) is 0 Å². The summed E-state index contributed by atoms with van der Waals surface area (Å²) < 4.78 is 0. The lowest BCUT2D eigenvalue weighted by molar-refractivity contribution is -0.191. The first kappa shape index (κ1) is 10.5. The van der Waals surface area contributed by atoms with E-state index < -0.39 is 0 Å². The number of nitrogens with zero attached hydrogens (tertiary/aromatic N) is 2. The smallest absolute Gasteiger partial charge is 0.373 e. The molecule has 7 heteroatoms. The maximum absolute atomic E-state index is 8.12.